The normalized spacial score (nSPS) is 34.8. The van der Waals surface area contributed by atoms with Gasteiger partial charge in [0.2, 0.25) is 0 Å². The molecular weight excluding hydrogens is 164 g/mol. The zero-order valence-electron chi connectivity index (χ0n) is 8.46. The van der Waals surface area contributed by atoms with Crippen LogP contribution in [-0.2, 0) is 4.84 Å². The fourth-order valence-corrected chi connectivity index (χ4v) is 2.58. The lowest BCUT2D eigenvalue weighted by molar-refractivity contribution is 0.0106. The summed E-state index contributed by atoms with van der Waals surface area (Å²) in [4.78, 5) is 7.90. The predicted molar refractivity (Wildman–Crippen MR) is 52.4 cm³/mol. The molecule has 76 valence electrons. The highest BCUT2D eigenvalue weighted by molar-refractivity contribution is 4.92. The smallest absolute Gasteiger partial charge is 0.0654 e. The van der Waals surface area contributed by atoms with Crippen LogP contribution in [0.4, 0.5) is 0 Å². The van der Waals surface area contributed by atoms with E-state index in [0.717, 1.165) is 12.6 Å². The van der Waals surface area contributed by atoms with Gasteiger partial charge in [-0.15, -0.1) is 0 Å². The van der Waals surface area contributed by atoms with Crippen LogP contribution in [0.1, 0.15) is 32.6 Å². The zero-order valence-corrected chi connectivity index (χ0v) is 8.46. The van der Waals surface area contributed by atoms with Crippen LogP contribution in [0.3, 0.4) is 0 Å². The van der Waals surface area contributed by atoms with Crippen molar-refractivity contribution in [1.82, 2.24) is 10.4 Å². The molecule has 13 heavy (non-hydrogen) atoms. The van der Waals surface area contributed by atoms with Crippen molar-refractivity contribution in [2.45, 2.75) is 44.7 Å². The third-order valence-corrected chi connectivity index (χ3v) is 3.24. The summed E-state index contributed by atoms with van der Waals surface area (Å²) in [5.41, 5.74) is 3.19. The second kappa shape index (κ2) is 4.40. The van der Waals surface area contributed by atoms with Crippen molar-refractivity contribution in [2.24, 2.45) is 0 Å². The minimum absolute atomic E-state index is 0.584. The third-order valence-electron chi connectivity index (χ3n) is 3.24. The molecule has 2 aliphatic heterocycles. The average Bonchev–Trinajstić information content (AvgIpc) is 2.58. The number of nitrogens with zero attached hydrogens (tertiary/aromatic N) is 1. The largest absolute Gasteiger partial charge is 0.302 e. The molecule has 2 atom stereocenters. The van der Waals surface area contributed by atoms with Gasteiger partial charge in [-0.2, -0.15) is 5.48 Å². The second-order valence-corrected chi connectivity index (χ2v) is 4.05. The van der Waals surface area contributed by atoms with Crippen LogP contribution in [0, 0.1) is 0 Å². The maximum atomic E-state index is 5.29. The molecule has 0 amide bonds. The predicted octanol–water partition coefficient (Wildman–Crippen LogP) is 1.15. The van der Waals surface area contributed by atoms with E-state index < -0.39 is 0 Å². The lowest BCUT2D eigenvalue weighted by Crippen LogP contribution is -2.44. The first-order valence-electron chi connectivity index (χ1n) is 5.53. The van der Waals surface area contributed by atoms with Gasteiger partial charge in [0.15, 0.2) is 0 Å². The summed E-state index contributed by atoms with van der Waals surface area (Å²) in [5.74, 6) is 0. The molecule has 2 heterocycles. The fraction of sp³-hybridized carbons (Fsp3) is 1.00. The molecule has 0 saturated carbocycles. The number of piperidine rings is 1. The molecule has 2 aliphatic rings. The summed E-state index contributed by atoms with van der Waals surface area (Å²) < 4.78 is 0. The molecule has 0 bridgehead atoms. The van der Waals surface area contributed by atoms with Crippen molar-refractivity contribution >= 4 is 0 Å². The Kier molecular flexibility index (Phi) is 3.19. The van der Waals surface area contributed by atoms with E-state index in [4.69, 9.17) is 4.84 Å². The van der Waals surface area contributed by atoms with Crippen molar-refractivity contribution in [3.05, 3.63) is 0 Å². The number of rotatable bonds is 3. The number of fused-ring (bicyclic) bond motifs is 1. The van der Waals surface area contributed by atoms with Gasteiger partial charge in [0.05, 0.1) is 6.61 Å². The van der Waals surface area contributed by atoms with E-state index in [1.807, 2.05) is 6.92 Å². The van der Waals surface area contributed by atoms with Crippen LogP contribution in [0.25, 0.3) is 0 Å². The first-order chi connectivity index (χ1) is 6.42. The van der Waals surface area contributed by atoms with Crippen LogP contribution >= 0.6 is 0 Å². The summed E-state index contributed by atoms with van der Waals surface area (Å²) in [6.45, 7) is 5.36. The Bertz CT molecular complexity index is 163. The molecule has 2 unspecified atom stereocenters. The van der Waals surface area contributed by atoms with Gasteiger partial charge in [0.1, 0.15) is 0 Å². The Morgan fingerprint density at radius 1 is 1.31 bits per heavy atom. The van der Waals surface area contributed by atoms with Crippen molar-refractivity contribution in [3.8, 4) is 0 Å². The van der Waals surface area contributed by atoms with Gasteiger partial charge in [0.25, 0.3) is 0 Å². The van der Waals surface area contributed by atoms with Gasteiger partial charge in [-0.3, -0.25) is 4.90 Å². The summed E-state index contributed by atoms with van der Waals surface area (Å²) in [6, 6.07) is 1.33. The van der Waals surface area contributed by atoms with Gasteiger partial charge in [0, 0.05) is 18.6 Å². The molecule has 2 saturated heterocycles. The maximum Gasteiger partial charge on any atom is 0.0654 e. The lowest BCUT2D eigenvalue weighted by atomic mass is 10.00. The molecule has 2 rings (SSSR count). The monoisotopic (exact) mass is 184 g/mol. The van der Waals surface area contributed by atoms with Crippen molar-refractivity contribution in [1.29, 1.82) is 0 Å². The van der Waals surface area contributed by atoms with Gasteiger partial charge in [-0.1, -0.05) is 6.42 Å². The minimum Gasteiger partial charge on any atom is -0.302 e. The molecule has 0 aromatic carbocycles. The number of nitrogens with one attached hydrogen (secondary N) is 1. The van der Waals surface area contributed by atoms with Gasteiger partial charge >= 0.3 is 0 Å². The van der Waals surface area contributed by atoms with Crippen LogP contribution in [0.15, 0.2) is 0 Å². The molecule has 3 heteroatoms. The van der Waals surface area contributed by atoms with Gasteiger partial charge < -0.3 is 4.84 Å². The summed E-state index contributed by atoms with van der Waals surface area (Å²) >= 11 is 0. The molecule has 2 fully saturated rings. The molecule has 1 N–H and O–H groups in total. The van der Waals surface area contributed by atoms with Crippen LogP contribution in [-0.4, -0.2) is 36.7 Å². The zero-order chi connectivity index (χ0) is 9.10. The molecule has 0 aromatic heterocycles. The standard InChI is InChI=1S/C10H20N2O/c1-2-13-11-9-6-8-12-7-4-3-5-10(9)12/h9-11H,2-8H2,1H3. The Hall–Kier alpha value is -0.120. The van der Waals surface area contributed by atoms with E-state index in [1.165, 1.54) is 38.8 Å². The lowest BCUT2D eigenvalue weighted by Gasteiger charge is -2.32. The molecular formula is C10H20N2O. The minimum atomic E-state index is 0.584. The van der Waals surface area contributed by atoms with E-state index >= 15 is 0 Å². The van der Waals surface area contributed by atoms with E-state index in [1.54, 1.807) is 0 Å². The van der Waals surface area contributed by atoms with E-state index in [2.05, 4.69) is 10.4 Å². The van der Waals surface area contributed by atoms with E-state index in [0.29, 0.717) is 6.04 Å². The van der Waals surface area contributed by atoms with Crippen LogP contribution in [0.2, 0.25) is 0 Å². The van der Waals surface area contributed by atoms with Crippen molar-refractivity contribution < 1.29 is 4.84 Å². The summed E-state index contributed by atoms with van der Waals surface area (Å²) in [7, 11) is 0. The topological polar surface area (TPSA) is 24.5 Å². The Morgan fingerprint density at radius 2 is 2.23 bits per heavy atom. The Labute approximate surface area is 80.4 Å². The summed E-state index contributed by atoms with van der Waals surface area (Å²) in [6.07, 6.45) is 5.39. The molecule has 0 aromatic rings. The van der Waals surface area contributed by atoms with Gasteiger partial charge in [-0.05, 0) is 32.7 Å². The SMILES string of the molecule is CCONC1CCN2CCCCC12. The number of hydrogen-bond acceptors (Lipinski definition) is 3. The average molecular weight is 184 g/mol. The molecule has 0 radical (unpaired) electrons. The quantitative estimate of drug-likeness (QED) is 0.666. The van der Waals surface area contributed by atoms with Crippen molar-refractivity contribution in [2.75, 3.05) is 19.7 Å². The Balaban J connectivity index is 1.84. The van der Waals surface area contributed by atoms with Crippen LogP contribution in [0.5, 0.6) is 0 Å². The van der Waals surface area contributed by atoms with Gasteiger partial charge in [-0.25, -0.2) is 0 Å². The number of hydrogen-bond donors (Lipinski definition) is 1. The van der Waals surface area contributed by atoms with Crippen molar-refractivity contribution in [3.63, 3.8) is 0 Å². The highest BCUT2D eigenvalue weighted by Crippen LogP contribution is 2.26. The fourth-order valence-electron chi connectivity index (χ4n) is 2.58. The second-order valence-electron chi connectivity index (χ2n) is 4.05. The first kappa shape index (κ1) is 9.44. The molecule has 0 aliphatic carbocycles. The molecule has 3 nitrogen and oxygen atoms in total. The third kappa shape index (κ3) is 2.03. The van der Waals surface area contributed by atoms with E-state index in [9.17, 15) is 0 Å². The Morgan fingerprint density at radius 3 is 3.08 bits per heavy atom. The highest BCUT2D eigenvalue weighted by atomic mass is 16.6. The number of hydroxylamine groups is 1. The molecule has 0 spiro atoms. The maximum absolute atomic E-state index is 5.29. The van der Waals surface area contributed by atoms with E-state index in [-0.39, 0.29) is 0 Å². The highest BCUT2D eigenvalue weighted by Gasteiger charge is 2.35. The first-order valence-corrected chi connectivity index (χ1v) is 5.53. The van der Waals surface area contributed by atoms with Crippen LogP contribution < -0.4 is 5.48 Å². The summed E-state index contributed by atoms with van der Waals surface area (Å²) in [5, 5.41) is 0.